The van der Waals surface area contributed by atoms with Gasteiger partial charge in [-0.25, -0.2) is 0 Å². The molecule has 2 aromatic rings. The summed E-state index contributed by atoms with van der Waals surface area (Å²) in [5, 5.41) is 0. The van der Waals surface area contributed by atoms with Crippen LogP contribution in [-0.4, -0.2) is 30.7 Å². The molecule has 1 spiro atoms. The first-order chi connectivity index (χ1) is 11.7. The second-order valence-corrected chi connectivity index (χ2v) is 6.95. The van der Waals surface area contributed by atoms with Gasteiger partial charge in [0.15, 0.2) is 0 Å². The van der Waals surface area contributed by atoms with Crippen LogP contribution in [0.4, 0.5) is 0 Å². The predicted octanol–water partition coefficient (Wildman–Crippen LogP) is 3.12. The van der Waals surface area contributed by atoms with Crippen LogP contribution in [0.5, 0.6) is 11.5 Å². The van der Waals surface area contributed by atoms with E-state index >= 15 is 0 Å². The van der Waals surface area contributed by atoms with Gasteiger partial charge in [0, 0.05) is 44.1 Å². The zero-order chi connectivity index (χ0) is 16.6. The number of likely N-dealkylation sites (tertiary alicyclic amines) is 1. The van der Waals surface area contributed by atoms with E-state index in [1.54, 1.807) is 7.11 Å². The average molecular weight is 324 g/mol. The van der Waals surface area contributed by atoms with Gasteiger partial charge in [0.05, 0.1) is 7.11 Å². The first-order valence-electron chi connectivity index (χ1n) is 8.56. The van der Waals surface area contributed by atoms with Crippen molar-refractivity contribution >= 4 is 0 Å². The summed E-state index contributed by atoms with van der Waals surface area (Å²) in [4.78, 5) is 2.47. The van der Waals surface area contributed by atoms with Gasteiger partial charge in [0.2, 0.25) is 0 Å². The van der Waals surface area contributed by atoms with Crippen LogP contribution in [0.2, 0.25) is 0 Å². The van der Waals surface area contributed by atoms with Gasteiger partial charge in [-0.2, -0.15) is 0 Å². The third-order valence-corrected chi connectivity index (χ3v) is 5.18. The number of methoxy groups -OCH3 is 1. The van der Waals surface area contributed by atoms with Crippen molar-refractivity contribution in [1.82, 2.24) is 4.90 Å². The van der Waals surface area contributed by atoms with Crippen LogP contribution >= 0.6 is 0 Å². The van der Waals surface area contributed by atoms with Crippen LogP contribution < -0.4 is 15.2 Å². The number of nitrogens with zero attached hydrogens (tertiary/aromatic N) is 1. The van der Waals surface area contributed by atoms with Crippen molar-refractivity contribution in [2.24, 2.45) is 5.73 Å². The summed E-state index contributed by atoms with van der Waals surface area (Å²) in [5.74, 6) is 1.75. The lowest BCUT2D eigenvalue weighted by Crippen LogP contribution is -2.45. The Morgan fingerprint density at radius 3 is 2.88 bits per heavy atom. The highest BCUT2D eigenvalue weighted by atomic mass is 16.5. The molecule has 0 radical (unpaired) electrons. The van der Waals surface area contributed by atoms with Gasteiger partial charge >= 0.3 is 0 Å². The molecule has 2 aliphatic rings. The summed E-state index contributed by atoms with van der Waals surface area (Å²) in [7, 11) is 1.68. The Bertz CT molecular complexity index is 719. The summed E-state index contributed by atoms with van der Waals surface area (Å²) < 4.78 is 11.8. The van der Waals surface area contributed by atoms with Crippen LogP contribution in [0.1, 0.15) is 30.0 Å². The molecule has 2 N–H and O–H groups in total. The van der Waals surface area contributed by atoms with Gasteiger partial charge in [0.1, 0.15) is 17.1 Å². The first-order valence-corrected chi connectivity index (χ1v) is 8.56. The van der Waals surface area contributed by atoms with Crippen LogP contribution in [0, 0.1) is 0 Å². The van der Waals surface area contributed by atoms with Crippen LogP contribution in [-0.2, 0) is 6.54 Å². The van der Waals surface area contributed by atoms with Gasteiger partial charge < -0.3 is 15.2 Å². The van der Waals surface area contributed by atoms with E-state index in [2.05, 4.69) is 35.2 Å². The minimum atomic E-state index is -0.157. The molecule has 0 saturated carbocycles. The molecular weight excluding hydrogens is 300 g/mol. The van der Waals surface area contributed by atoms with Crippen LogP contribution in [0.3, 0.4) is 0 Å². The monoisotopic (exact) mass is 324 g/mol. The molecule has 126 valence electrons. The fraction of sp³-hybridized carbons (Fsp3) is 0.400. The molecule has 0 amide bonds. The zero-order valence-corrected chi connectivity index (χ0v) is 14.1. The SMILES string of the molecule is COc1ccc2c(c1)[C@@H](N)CC1(CCN(Cc3ccccc3)C1)O2. The number of hydrogen-bond donors (Lipinski definition) is 1. The Labute approximate surface area is 143 Å². The van der Waals surface area contributed by atoms with Crippen molar-refractivity contribution in [2.75, 3.05) is 20.2 Å². The number of benzene rings is 2. The smallest absolute Gasteiger partial charge is 0.125 e. The molecule has 4 rings (SSSR count). The molecular formula is C20H24N2O2. The van der Waals surface area contributed by atoms with Gasteiger partial charge in [-0.3, -0.25) is 4.90 Å². The van der Waals surface area contributed by atoms with Crippen LogP contribution in [0.15, 0.2) is 48.5 Å². The third kappa shape index (κ3) is 2.87. The van der Waals surface area contributed by atoms with Crippen LogP contribution in [0.25, 0.3) is 0 Å². The molecule has 1 fully saturated rings. The molecule has 1 saturated heterocycles. The molecule has 2 aromatic carbocycles. The summed E-state index contributed by atoms with van der Waals surface area (Å²) in [6.07, 6.45) is 1.89. The van der Waals surface area contributed by atoms with Crippen molar-refractivity contribution in [2.45, 2.75) is 31.0 Å². The fourth-order valence-electron chi connectivity index (χ4n) is 3.98. The average Bonchev–Trinajstić information content (AvgIpc) is 2.97. The Hall–Kier alpha value is -2.04. The van der Waals surface area contributed by atoms with E-state index in [4.69, 9.17) is 15.2 Å². The van der Waals surface area contributed by atoms with Gasteiger partial charge in [-0.05, 0) is 23.8 Å². The lowest BCUT2D eigenvalue weighted by atomic mass is 9.87. The van der Waals surface area contributed by atoms with Crippen molar-refractivity contribution in [3.8, 4) is 11.5 Å². The minimum absolute atomic E-state index is 0.000486. The Balaban J connectivity index is 1.51. The highest BCUT2D eigenvalue weighted by Crippen LogP contribution is 2.44. The number of nitrogens with two attached hydrogens (primary N) is 1. The second kappa shape index (κ2) is 6.11. The Morgan fingerprint density at radius 1 is 1.25 bits per heavy atom. The molecule has 2 atom stereocenters. The number of hydrogen-bond acceptors (Lipinski definition) is 4. The lowest BCUT2D eigenvalue weighted by molar-refractivity contribution is 0.0433. The van der Waals surface area contributed by atoms with Crippen molar-refractivity contribution < 1.29 is 9.47 Å². The highest BCUT2D eigenvalue weighted by molar-refractivity contribution is 5.44. The lowest BCUT2D eigenvalue weighted by Gasteiger charge is -2.39. The van der Waals surface area contributed by atoms with E-state index in [0.29, 0.717) is 0 Å². The first kappa shape index (κ1) is 15.5. The summed E-state index contributed by atoms with van der Waals surface area (Å²) in [6.45, 7) is 2.95. The molecule has 24 heavy (non-hydrogen) atoms. The zero-order valence-electron chi connectivity index (χ0n) is 14.1. The largest absolute Gasteiger partial charge is 0.497 e. The molecule has 1 unspecified atom stereocenters. The highest BCUT2D eigenvalue weighted by Gasteiger charge is 2.45. The van der Waals surface area contributed by atoms with Crippen molar-refractivity contribution in [1.29, 1.82) is 0 Å². The van der Waals surface area contributed by atoms with Gasteiger partial charge in [-0.1, -0.05) is 30.3 Å². The van der Waals surface area contributed by atoms with Crippen molar-refractivity contribution in [3.63, 3.8) is 0 Å². The standard InChI is InChI=1S/C20H24N2O2/c1-23-16-7-8-19-17(11-16)18(21)12-20(24-19)9-10-22(14-20)13-15-5-3-2-4-6-15/h2-8,11,18H,9-10,12-14,21H2,1H3/t18-,20?/m0/s1. The third-order valence-electron chi connectivity index (χ3n) is 5.18. The molecule has 2 aliphatic heterocycles. The molecule has 0 bridgehead atoms. The molecule has 4 nitrogen and oxygen atoms in total. The van der Waals surface area contributed by atoms with E-state index in [-0.39, 0.29) is 11.6 Å². The quantitative estimate of drug-likeness (QED) is 0.942. The number of fused-ring (bicyclic) bond motifs is 1. The molecule has 4 heteroatoms. The molecule has 0 aromatic heterocycles. The van der Waals surface area contributed by atoms with E-state index in [1.807, 2.05) is 18.2 Å². The summed E-state index contributed by atoms with van der Waals surface area (Å²) >= 11 is 0. The van der Waals surface area contributed by atoms with Gasteiger partial charge in [-0.15, -0.1) is 0 Å². The Kier molecular flexibility index (Phi) is 3.94. The number of rotatable bonds is 3. The topological polar surface area (TPSA) is 47.7 Å². The van der Waals surface area contributed by atoms with Gasteiger partial charge in [0.25, 0.3) is 0 Å². The van der Waals surface area contributed by atoms with E-state index in [1.165, 1.54) is 5.56 Å². The minimum Gasteiger partial charge on any atom is -0.497 e. The molecule has 0 aliphatic carbocycles. The predicted molar refractivity (Wildman–Crippen MR) is 94.2 cm³/mol. The van der Waals surface area contributed by atoms with E-state index < -0.39 is 0 Å². The number of ether oxygens (including phenoxy) is 2. The second-order valence-electron chi connectivity index (χ2n) is 6.95. The maximum absolute atomic E-state index is 6.47. The van der Waals surface area contributed by atoms with Crippen molar-refractivity contribution in [3.05, 3.63) is 59.7 Å². The maximum Gasteiger partial charge on any atom is 0.125 e. The Morgan fingerprint density at radius 2 is 2.08 bits per heavy atom. The maximum atomic E-state index is 6.47. The summed E-state index contributed by atoms with van der Waals surface area (Å²) in [6, 6.07) is 16.6. The van der Waals surface area contributed by atoms with E-state index in [9.17, 15) is 0 Å². The van der Waals surface area contributed by atoms with E-state index in [0.717, 1.165) is 49.5 Å². The normalized spacial score (nSPS) is 26.2. The molecule has 2 heterocycles. The fourth-order valence-corrected chi connectivity index (χ4v) is 3.98. The summed E-state index contributed by atoms with van der Waals surface area (Å²) in [5.41, 5.74) is 8.72.